The molecule has 0 aromatic heterocycles. The molecule has 0 aliphatic heterocycles. The van der Waals surface area contributed by atoms with Crippen LogP contribution in [0, 0.1) is 11.6 Å². The zero-order valence-electron chi connectivity index (χ0n) is 15.4. The molecule has 6 nitrogen and oxygen atoms in total. The van der Waals surface area contributed by atoms with Crippen molar-refractivity contribution in [1.29, 1.82) is 0 Å². The van der Waals surface area contributed by atoms with Crippen LogP contribution in [0.3, 0.4) is 0 Å². The van der Waals surface area contributed by atoms with Crippen LogP contribution in [0.4, 0.5) is 14.5 Å². The van der Waals surface area contributed by atoms with Gasteiger partial charge in [0.25, 0.3) is 0 Å². The first-order valence-corrected chi connectivity index (χ1v) is 8.26. The number of rotatable bonds is 6. The van der Waals surface area contributed by atoms with Gasteiger partial charge in [0.15, 0.2) is 5.96 Å². The van der Waals surface area contributed by atoms with E-state index in [1.54, 1.807) is 19.2 Å². The molecular formula is C19H22F2N4O2. The van der Waals surface area contributed by atoms with Crippen molar-refractivity contribution in [3.8, 4) is 5.75 Å². The van der Waals surface area contributed by atoms with Crippen LogP contribution in [0.5, 0.6) is 5.75 Å². The highest BCUT2D eigenvalue weighted by Crippen LogP contribution is 2.25. The highest BCUT2D eigenvalue weighted by atomic mass is 19.1. The molecule has 0 heterocycles. The van der Waals surface area contributed by atoms with E-state index in [4.69, 9.17) is 4.74 Å². The number of benzene rings is 2. The summed E-state index contributed by atoms with van der Waals surface area (Å²) in [5.74, 6) is -0.212. The van der Waals surface area contributed by atoms with Gasteiger partial charge in [-0.2, -0.15) is 0 Å². The van der Waals surface area contributed by atoms with Crippen molar-refractivity contribution < 1.29 is 18.3 Å². The fourth-order valence-electron chi connectivity index (χ4n) is 2.42. The van der Waals surface area contributed by atoms with E-state index < -0.39 is 11.6 Å². The summed E-state index contributed by atoms with van der Waals surface area (Å²) in [7, 11) is 3.10. The van der Waals surface area contributed by atoms with Gasteiger partial charge in [0.1, 0.15) is 17.4 Å². The van der Waals surface area contributed by atoms with Crippen molar-refractivity contribution in [2.45, 2.75) is 20.0 Å². The molecule has 0 fully saturated rings. The zero-order valence-corrected chi connectivity index (χ0v) is 15.4. The minimum Gasteiger partial charge on any atom is -0.495 e. The number of anilines is 1. The molecule has 0 spiro atoms. The van der Waals surface area contributed by atoms with E-state index in [9.17, 15) is 13.6 Å². The number of methoxy groups -OCH3 is 1. The first-order chi connectivity index (χ1) is 12.9. The van der Waals surface area contributed by atoms with Crippen LogP contribution in [0.2, 0.25) is 0 Å². The number of nitrogens with one attached hydrogen (secondary N) is 3. The van der Waals surface area contributed by atoms with Crippen molar-refractivity contribution in [2.75, 3.05) is 19.5 Å². The number of aliphatic imine (C=N–C) groups is 1. The molecule has 8 heteroatoms. The Labute approximate surface area is 156 Å². The number of halogens is 2. The molecule has 0 radical (unpaired) electrons. The molecule has 2 aromatic carbocycles. The highest BCUT2D eigenvalue weighted by molar-refractivity contribution is 5.90. The maximum Gasteiger partial charge on any atom is 0.221 e. The van der Waals surface area contributed by atoms with E-state index in [0.717, 1.165) is 23.8 Å². The molecule has 0 saturated heterocycles. The first kappa shape index (κ1) is 20.2. The smallest absolute Gasteiger partial charge is 0.221 e. The van der Waals surface area contributed by atoms with E-state index in [0.29, 0.717) is 23.9 Å². The van der Waals surface area contributed by atoms with Gasteiger partial charge in [-0.1, -0.05) is 6.07 Å². The van der Waals surface area contributed by atoms with Crippen LogP contribution in [0.15, 0.2) is 41.4 Å². The third-order valence-electron chi connectivity index (χ3n) is 3.71. The molecular weight excluding hydrogens is 354 g/mol. The highest BCUT2D eigenvalue weighted by Gasteiger charge is 2.08. The third kappa shape index (κ3) is 5.95. The number of hydrogen-bond donors (Lipinski definition) is 3. The van der Waals surface area contributed by atoms with Crippen LogP contribution in [-0.4, -0.2) is 26.0 Å². The average Bonchev–Trinajstić information content (AvgIpc) is 2.64. The van der Waals surface area contributed by atoms with Crippen LogP contribution >= 0.6 is 0 Å². The summed E-state index contributed by atoms with van der Waals surface area (Å²) < 4.78 is 32.1. The molecule has 0 saturated carbocycles. The Balaban J connectivity index is 1.99. The molecule has 2 rings (SSSR count). The second-order valence-corrected chi connectivity index (χ2v) is 5.73. The Morgan fingerprint density at radius 3 is 2.52 bits per heavy atom. The molecule has 144 valence electrons. The van der Waals surface area contributed by atoms with Gasteiger partial charge in [-0.3, -0.25) is 9.79 Å². The normalized spacial score (nSPS) is 11.1. The Morgan fingerprint density at radius 1 is 1.11 bits per heavy atom. The monoisotopic (exact) mass is 376 g/mol. The van der Waals surface area contributed by atoms with Crippen LogP contribution < -0.4 is 20.7 Å². The quantitative estimate of drug-likeness (QED) is 0.535. The summed E-state index contributed by atoms with van der Waals surface area (Å²) >= 11 is 0. The maximum absolute atomic E-state index is 13.7. The summed E-state index contributed by atoms with van der Waals surface area (Å²) in [6, 6.07) is 8.68. The number of carbonyl (C=O) groups excluding carboxylic acids is 1. The van der Waals surface area contributed by atoms with Crippen molar-refractivity contribution in [3.05, 3.63) is 59.2 Å². The zero-order chi connectivity index (χ0) is 19.8. The van der Waals surface area contributed by atoms with Crippen molar-refractivity contribution >= 4 is 17.6 Å². The Kier molecular flexibility index (Phi) is 7.10. The van der Waals surface area contributed by atoms with E-state index in [1.165, 1.54) is 14.0 Å². The fourth-order valence-corrected chi connectivity index (χ4v) is 2.42. The fraction of sp³-hybridized carbons (Fsp3) is 0.263. The predicted octanol–water partition coefficient (Wildman–Crippen LogP) is 2.80. The number of nitrogens with zero attached hydrogens (tertiary/aromatic N) is 1. The van der Waals surface area contributed by atoms with E-state index >= 15 is 0 Å². The minimum absolute atomic E-state index is 0.0863. The summed E-state index contributed by atoms with van der Waals surface area (Å²) in [6.45, 7) is 1.91. The lowest BCUT2D eigenvalue weighted by molar-refractivity contribution is -0.114. The van der Waals surface area contributed by atoms with E-state index in [-0.39, 0.29) is 18.0 Å². The number of hydrogen-bond acceptors (Lipinski definition) is 3. The van der Waals surface area contributed by atoms with Gasteiger partial charge < -0.3 is 20.7 Å². The van der Waals surface area contributed by atoms with Gasteiger partial charge in [0, 0.05) is 32.6 Å². The number of carbonyl (C=O) groups is 1. The Bertz CT molecular complexity index is 840. The van der Waals surface area contributed by atoms with Gasteiger partial charge in [-0.15, -0.1) is 0 Å². The van der Waals surface area contributed by atoms with Gasteiger partial charge in [-0.25, -0.2) is 8.78 Å². The van der Waals surface area contributed by atoms with Crippen LogP contribution in [0.25, 0.3) is 0 Å². The third-order valence-corrected chi connectivity index (χ3v) is 3.71. The van der Waals surface area contributed by atoms with E-state index in [1.807, 2.05) is 6.07 Å². The molecule has 0 bridgehead atoms. The largest absolute Gasteiger partial charge is 0.495 e. The Morgan fingerprint density at radius 2 is 1.85 bits per heavy atom. The lowest BCUT2D eigenvalue weighted by Crippen LogP contribution is -2.36. The lowest BCUT2D eigenvalue weighted by Gasteiger charge is -2.14. The first-order valence-electron chi connectivity index (χ1n) is 8.26. The molecule has 0 unspecified atom stereocenters. The standard InChI is InChI=1S/C19H22F2N4O2/c1-12(26)25-17-8-13(4-7-18(17)27-3)10-23-19(22-2)24-11-14-9-15(20)5-6-16(14)21/h4-9H,10-11H2,1-3H3,(H,25,26)(H2,22,23,24). The minimum atomic E-state index is -0.500. The molecule has 2 aromatic rings. The summed E-state index contributed by atoms with van der Waals surface area (Å²) in [4.78, 5) is 15.4. The summed E-state index contributed by atoms with van der Waals surface area (Å²) in [5.41, 5.74) is 1.64. The molecule has 27 heavy (non-hydrogen) atoms. The van der Waals surface area contributed by atoms with E-state index in [2.05, 4.69) is 20.9 Å². The van der Waals surface area contributed by atoms with Crippen molar-refractivity contribution in [2.24, 2.45) is 4.99 Å². The van der Waals surface area contributed by atoms with Gasteiger partial charge in [0.2, 0.25) is 5.91 Å². The molecule has 0 aliphatic rings. The van der Waals surface area contributed by atoms with Crippen LogP contribution in [-0.2, 0) is 17.9 Å². The molecule has 0 atom stereocenters. The predicted molar refractivity (Wildman–Crippen MR) is 101 cm³/mol. The number of ether oxygens (including phenoxy) is 1. The van der Waals surface area contributed by atoms with Gasteiger partial charge in [0.05, 0.1) is 12.8 Å². The number of guanidine groups is 1. The topological polar surface area (TPSA) is 74.8 Å². The van der Waals surface area contributed by atoms with Gasteiger partial charge in [-0.05, 0) is 35.9 Å². The van der Waals surface area contributed by atoms with Crippen molar-refractivity contribution in [1.82, 2.24) is 10.6 Å². The second kappa shape index (κ2) is 9.51. The Hall–Kier alpha value is -3.16. The second-order valence-electron chi connectivity index (χ2n) is 5.73. The van der Waals surface area contributed by atoms with Crippen LogP contribution in [0.1, 0.15) is 18.1 Å². The molecule has 0 aliphatic carbocycles. The maximum atomic E-state index is 13.7. The molecule has 3 N–H and O–H groups in total. The lowest BCUT2D eigenvalue weighted by atomic mass is 10.2. The molecule has 1 amide bonds. The average molecular weight is 376 g/mol. The van der Waals surface area contributed by atoms with Gasteiger partial charge >= 0.3 is 0 Å². The number of amides is 1. The SMILES string of the molecule is CN=C(NCc1ccc(OC)c(NC(C)=O)c1)NCc1cc(F)ccc1F. The summed E-state index contributed by atoms with van der Waals surface area (Å²) in [5, 5.41) is 8.72. The van der Waals surface area contributed by atoms with Crippen molar-refractivity contribution in [3.63, 3.8) is 0 Å². The summed E-state index contributed by atoms with van der Waals surface area (Å²) in [6.07, 6.45) is 0.